The molecule has 0 aliphatic heterocycles. The summed E-state index contributed by atoms with van der Waals surface area (Å²) < 4.78 is 27.8. The van der Waals surface area contributed by atoms with Gasteiger partial charge in [-0.3, -0.25) is 9.10 Å². The Morgan fingerprint density at radius 2 is 1.76 bits per heavy atom. The molecule has 3 rings (SSSR count). The number of aryl methyl sites for hydroxylation is 1. The number of hydrogen-bond acceptors (Lipinski definition) is 4. The van der Waals surface area contributed by atoms with Gasteiger partial charge in [-0.2, -0.15) is 0 Å². The molecule has 7 heteroatoms. The Labute approximate surface area is 176 Å². The third-order valence-electron chi connectivity index (χ3n) is 4.70. The molecule has 0 unspecified atom stereocenters. The standard InChI is InChI=1S/C22H24N2O3S2/c1-4-24(19-10-6-5-7-11-19)29(26,27)20-12-8-9-18(15-20)22(25)23(3)16-21-17(2)13-14-28-21/h5-15H,4,16H2,1-3H3. The van der Waals surface area contributed by atoms with Crippen LogP contribution in [0.5, 0.6) is 0 Å². The molecule has 0 saturated heterocycles. The van der Waals surface area contributed by atoms with E-state index in [2.05, 4.69) is 0 Å². The molecule has 152 valence electrons. The first-order valence-electron chi connectivity index (χ1n) is 9.31. The summed E-state index contributed by atoms with van der Waals surface area (Å²) in [4.78, 5) is 15.7. The maximum Gasteiger partial charge on any atom is 0.264 e. The molecule has 3 aromatic rings. The summed E-state index contributed by atoms with van der Waals surface area (Å²) in [6.07, 6.45) is 0. The molecule has 0 saturated carbocycles. The van der Waals surface area contributed by atoms with E-state index in [1.54, 1.807) is 66.6 Å². The number of amides is 1. The molecule has 1 aromatic heterocycles. The second-order valence-electron chi connectivity index (χ2n) is 6.72. The van der Waals surface area contributed by atoms with Crippen LogP contribution >= 0.6 is 11.3 Å². The summed E-state index contributed by atoms with van der Waals surface area (Å²) in [7, 11) is -2.05. The summed E-state index contributed by atoms with van der Waals surface area (Å²) in [5.74, 6) is -0.211. The molecular formula is C22H24N2O3S2. The third kappa shape index (κ3) is 4.52. The number of benzene rings is 2. The van der Waals surface area contributed by atoms with Crippen molar-refractivity contribution < 1.29 is 13.2 Å². The van der Waals surface area contributed by atoms with Crippen molar-refractivity contribution in [1.29, 1.82) is 0 Å². The van der Waals surface area contributed by atoms with Crippen LogP contribution in [0.1, 0.15) is 27.7 Å². The van der Waals surface area contributed by atoms with Crippen molar-refractivity contribution in [1.82, 2.24) is 4.90 Å². The highest BCUT2D eigenvalue weighted by Gasteiger charge is 2.25. The van der Waals surface area contributed by atoms with Gasteiger partial charge in [-0.05, 0) is 61.2 Å². The molecule has 0 aliphatic carbocycles. The van der Waals surface area contributed by atoms with Gasteiger partial charge in [-0.15, -0.1) is 11.3 Å². The van der Waals surface area contributed by atoms with E-state index < -0.39 is 10.0 Å². The Bertz CT molecular complexity index is 1090. The normalized spacial score (nSPS) is 11.3. The SMILES string of the molecule is CCN(c1ccccc1)S(=O)(=O)c1cccc(C(=O)N(C)Cc2sccc2C)c1. The number of carbonyl (C=O) groups is 1. The maximum atomic E-state index is 13.2. The molecule has 5 nitrogen and oxygen atoms in total. The molecule has 0 atom stereocenters. The van der Waals surface area contributed by atoms with Gasteiger partial charge < -0.3 is 4.90 Å². The van der Waals surface area contributed by atoms with Crippen molar-refractivity contribution in [3.63, 3.8) is 0 Å². The van der Waals surface area contributed by atoms with Gasteiger partial charge in [0.1, 0.15) is 0 Å². The van der Waals surface area contributed by atoms with E-state index in [0.717, 1.165) is 10.4 Å². The molecule has 0 aliphatic rings. The number of thiophene rings is 1. The summed E-state index contributed by atoms with van der Waals surface area (Å²) in [6, 6.07) is 17.2. The minimum atomic E-state index is -3.78. The monoisotopic (exact) mass is 428 g/mol. The highest BCUT2D eigenvalue weighted by Crippen LogP contribution is 2.24. The van der Waals surface area contributed by atoms with Crippen LogP contribution in [0, 0.1) is 6.92 Å². The largest absolute Gasteiger partial charge is 0.337 e. The number of carbonyl (C=O) groups excluding carboxylic acids is 1. The summed E-state index contributed by atoms with van der Waals surface area (Å²) >= 11 is 1.61. The summed E-state index contributed by atoms with van der Waals surface area (Å²) in [5.41, 5.74) is 2.09. The van der Waals surface area contributed by atoms with Gasteiger partial charge in [0.2, 0.25) is 0 Å². The van der Waals surface area contributed by atoms with Crippen LogP contribution in [0.4, 0.5) is 5.69 Å². The molecule has 2 aromatic carbocycles. The van der Waals surface area contributed by atoms with Crippen LogP contribution in [0.2, 0.25) is 0 Å². The number of para-hydroxylation sites is 1. The zero-order chi connectivity index (χ0) is 21.0. The van der Waals surface area contributed by atoms with Crippen LogP contribution in [-0.2, 0) is 16.6 Å². The molecule has 0 bridgehead atoms. The first-order valence-corrected chi connectivity index (χ1v) is 11.6. The highest BCUT2D eigenvalue weighted by molar-refractivity contribution is 7.92. The minimum Gasteiger partial charge on any atom is -0.337 e. The molecule has 0 radical (unpaired) electrons. The van der Waals surface area contributed by atoms with Crippen molar-refractivity contribution in [2.45, 2.75) is 25.3 Å². The lowest BCUT2D eigenvalue weighted by molar-refractivity contribution is 0.0786. The van der Waals surface area contributed by atoms with Gasteiger partial charge in [0.05, 0.1) is 17.1 Å². The number of nitrogens with zero attached hydrogens (tertiary/aromatic N) is 2. The Morgan fingerprint density at radius 3 is 2.38 bits per heavy atom. The fraction of sp³-hybridized carbons (Fsp3) is 0.227. The molecule has 0 N–H and O–H groups in total. The zero-order valence-electron chi connectivity index (χ0n) is 16.7. The minimum absolute atomic E-state index is 0.106. The van der Waals surface area contributed by atoms with Crippen LogP contribution in [0.15, 0.2) is 70.9 Å². The summed E-state index contributed by atoms with van der Waals surface area (Å²) in [6.45, 7) is 4.59. The van der Waals surface area contributed by atoms with Crippen molar-refractivity contribution in [2.24, 2.45) is 0 Å². The summed E-state index contributed by atoms with van der Waals surface area (Å²) in [5, 5.41) is 2.00. The maximum absolute atomic E-state index is 13.2. The van der Waals surface area contributed by atoms with Gasteiger partial charge in [-0.25, -0.2) is 8.42 Å². The molecular weight excluding hydrogens is 404 g/mol. The Hall–Kier alpha value is -2.64. The number of anilines is 1. The van der Waals surface area contributed by atoms with E-state index in [4.69, 9.17) is 0 Å². The number of sulfonamides is 1. The predicted octanol–water partition coefficient (Wildman–Crippen LogP) is 4.54. The Balaban J connectivity index is 1.88. The van der Waals surface area contributed by atoms with E-state index in [1.165, 1.54) is 16.4 Å². The fourth-order valence-corrected chi connectivity index (χ4v) is 5.55. The fourth-order valence-electron chi connectivity index (χ4n) is 3.08. The van der Waals surface area contributed by atoms with Crippen molar-refractivity contribution in [3.8, 4) is 0 Å². The highest BCUT2D eigenvalue weighted by atomic mass is 32.2. The predicted molar refractivity (Wildman–Crippen MR) is 118 cm³/mol. The first kappa shape index (κ1) is 21.1. The van der Waals surface area contributed by atoms with E-state index in [-0.39, 0.29) is 10.8 Å². The van der Waals surface area contributed by atoms with Crippen molar-refractivity contribution in [2.75, 3.05) is 17.9 Å². The van der Waals surface area contributed by atoms with Crippen LogP contribution in [0.3, 0.4) is 0 Å². The third-order valence-corrected chi connectivity index (χ3v) is 7.60. The number of rotatable bonds is 7. The molecule has 29 heavy (non-hydrogen) atoms. The lowest BCUT2D eigenvalue weighted by Gasteiger charge is -2.23. The van der Waals surface area contributed by atoms with Gasteiger partial charge in [0, 0.05) is 24.0 Å². The van der Waals surface area contributed by atoms with Crippen molar-refractivity contribution >= 4 is 33.0 Å². The van der Waals surface area contributed by atoms with E-state index in [9.17, 15) is 13.2 Å². The van der Waals surface area contributed by atoms with Gasteiger partial charge >= 0.3 is 0 Å². The van der Waals surface area contributed by atoms with Crippen LogP contribution in [-0.4, -0.2) is 32.8 Å². The topological polar surface area (TPSA) is 57.7 Å². The van der Waals surface area contributed by atoms with E-state index >= 15 is 0 Å². The second-order valence-corrected chi connectivity index (χ2v) is 9.58. The number of hydrogen-bond donors (Lipinski definition) is 0. The first-order chi connectivity index (χ1) is 13.8. The molecule has 1 heterocycles. The average Bonchev–Trinajstić information content (AvgIpc) is 3.13. The molecule has 0 spiro atoms. The van der Waals surface area contributed by atoms with Gasteiger partial charge in [0.15, 0.2) is 0 Å². The molecule has 0 fully saturated rings. The van der Waals surface area contributed by atoms with Crippen LogP contribution in [0.25, 0.3) is 0 Å². The van der Waals surface area contributed by atoms with E-state index in [1.807, 2.05) is 24.4 Å². The smallest absolute Gasteiger partial charge is 0.264 e. The van der Waals surface area contributed by atoms with Gasteiger partial charge in [0.25, 0.3) is 15.9 Å². The van der Waals surface area contributed by atoms with Crippen LogP contribution < -0.4 is 4.31 Å². The Kier molecular flexibility index (Phi) is 6.39. The lowest BCUT2D eigenvalue weighted by Crippen LogP contribution is -2.31. The quantitative estimate of drug-likeness (QED) is 0.555. The second kappa shape index (κ2) is 8.80. The van der Waals surface area contributed by atoms with Gasteiger partial charge in [-0.1, -0.05) is 24.3 Å². The average molecular weight is 429 g/mol. The zero-order valence-corrected chi connectivity index (χ0v) is 18.3. The molecule has 1 amide bonds. The van der Waals surface area contributed by atoms with E-state index in [0.29, 0.717) is 24.3 Å². The van der Waals surface area contributed by atoms with Crippen molar-refractivity contribution in [3.05, 3.63) is 82.0 Å². The lowest BCUT2D eigenvalue weighted by atomic mass is 10.2. The Morgan fingerprint density at radius 1 is 1.03 bits per heavy atom.